The third kappa shape index (κ3) is 2.49. The molecule has 0 unspecified atom stereocenters. The lowest BCUT2D eigenvalue weighted by Crippen LogP contribution is -2.27. The van der Waals surface area contributed by atoms with Crippen LogP contribution in [-0.4, -0.2) is 11.1 Å². The Bertz CT molecular complexity index is 738. The number of rotatable bonds is 3. The molecule has 2 rings (SSSR count). The van der Waals surface area contributed by atoms with Crippen LogP contribution in [0.4, 0.5) is 0 Å². The molecule has 2 aromatic rings. The van der Waals surface area contributed by atoms with Crippen molar-refractivity contribution in [2.45, 2.75) is 20.4 Å². The Labute approximate surface area is 118 Å². The van der Waals surface area contributed by atoms with Crippen molar-refractivity contribution in [1.82, 2.24) is 4.57 Å². The highest BCUT2D eigenvalue weighted by atomic mass is 16.1. The lowest BCUT2D eigenvalue weighted by atomic mass is 10.0. The molecule has 0 aliphatic heterocycles. The molecule has 1 aromatic heterocycles. The quantitative estimate of drug-likeness (QED) is 0.924. The van der Waals surface area contributed by atoms with Crippen molar-refractivity contribution in [1.29, 1.82) is 5.26 Å². The number of nitrogens with zero attached hydrogens (tertiary/aromatic N) is 2. The minimum absolute atomic E-state index is 0.144. The lowest BCUT2D eigenvalue weighted by Gasteiger charge is -2.13. The van der Waals surface area contributed by atoms with Crippen LogP contribution >= 0.6 is 0 Å². The van der Waals surface area contributed by atoms with Gasteiger partial charge in [-0.15, -0.1) is 0 Å². The van der Waals surface area contributed by atoms with Crippen LogP contribution in [0, 0.1) is 25.2 Å². The Kier molecular flexibility index (Phi) is 4.02. The second kappa shape index (κ2) is 5.72. The highest BCUT2D eigenvalue weighted by Crippen LogP contribution is 2.21. The van der Waals surface area contributed by atoms with Crippen molar-refractivity contribution in [3.05, 3.63) is 57.4 Å². The number of nitriles is 1. The molecule has 0 saturated carbocycles. The summed E-state index contributed by atoms with van der Waals surface area (Å²) in [4.78, 5) is 12.2. The fourth-order valence-electron chi connectivity index (χ4n) is 2.17. The zero-order chi connectivity index (χ0) is 14.7. The van der Waals surface area contributed by atoms with E-state index in [9.17, 15) is 4.79 Å². The lowest BCUT2D eigenvalue weighted by molar-refractivity contribution is 0.686. The Morgan fingerprint density at radius 1 is 1.20 bits per heavy atom. The second-order valence-electron chi connectivity index (χ2n) is 4.79. The van der Waals surface area contributed by atoms with Crippen molar-refractivity contribution >= 4 is 0 Å². The van der Waals surface area contributed by atoms with Gasteiger partial charge in [0.15, 0.2) is 0 Å². The predicted octanol–water partition coefficient (Wildman–Crippen LogP) is 1.96. The normalized spacial score (nSPS) is 10.3. The van der Waals surface area contributed by atoms with Crippen LogP contribution in [0.5, 0.6) is 0 Å². The first-order valence-electron chi connectivity index (χ1n) is 6.50. The van der Waals surface area contributed by atoms with Gasteiger partial charge in [0.2, 0.25) is 0 Å². The van der Waals surface area contributed by atoms with Gasteiger partial charge >= 0.3 is 0 Å². The Balaban J connectivity index is 2.67. The molecule has 0 aliphatic carbocycles. The molecule has 2 N–H and O–H groups in total. The molecule has 0 amide bonds. The van der Waals surface area contributed by atoms with Crippen LogP contribution in [0.25, 0.3) is 11.3 Å². The van der Waals surface area contributed by atoms with E-state index < -0.39 is 0 Å². The van der Waals surface area contributed by atoms with Gasteiger partial charge in [-0.1, -0.05) is 12.1 Å². The van der Waals surface area contributed by atoms with Gasteiger partial charge in [0.05, 0.1) is 5.69 Å². The summed E-state index contributed by atoms with van der Waals surface area (Å²) in [5, 5.41) is 8.96. The number of aromatic nitrogens is 1. The molecule has 102 valence electrons. The van der Waals surface area contributed by atoms with Gasteiger partial charge in [0.25, 0.3) is 5.56 Å². The Hall–Kier alpha value is -2.38. The predicted molar refractivity (Wildman–Crippen MR) is 79.4 cm³/mol. The van der Waals surface area contributed by atoms with E-state index in [4.69, 9.17) is 11.0 Å². The maximum Gasteiger partial charge on any atom is 0.268 e. The van der Waals surface area contributed by atoms with E-state index in [1.54, 1.807) is 16.7 Å². The molecule has 0 radical (unpaired) electrons. The summed E-state index contributed by atoms with van der Waals surface area (Å²) in [6.45, 7) is 4.84. The number of pyridine rings is 1. The summed E-state index contributed by atoms with van der Waals surface area (Å²) in [6, 6.07) is 11.3. The fraction of sp³-hybridized carbons (Fsp3) is 0.250. The first kappa shape index (κ1) is 14.0. The van der Waals surface area contributed by atoms with Gasteiger partial charge in [-0.25, -0.2) is 0 Å². The van der Waals surface area contributed by atoms with Gasteiger partial charge in [-0.05, 0) is 48.7 Å². The maximum absolute atomic E-state index is 12.2. The van der Waals surface area contributed by atoms with Gasteiger partial charge in [0.1, 0.15) is 11.6 Å². The Morgan fingerprint density at radius 3 is 2.55 bits per heavy atom. The third-order valence-electron chi connectivity index (χ3n) is 3.45. The summed E-state index contributed by atoms with van der Waals surface area (Å²) in [5.41, 5.74) is 9.56. The minimum Gasteiger partial charge on any atom is -0.329 e. The standard InChI is InChI=1S/C16H17N3O/c1-11-3-4-13(9-12(11)2)15-6-5-14(10-18)16(20)19(15)8-7-17/h3-6,9H,7-8,17H2,1-2H3. The smallest absolute Gasteiger partial charge is 0.268 e. The topological polar surface area (TPSA) is 71.8 Å². The molecule has 1 aromatic carbocycles. The maximum atomic E-state index is 12.2. The van der Waals surface area contributed by atoms with E-state index in [1.807, 2.05) is 38.1 Å². The molecular formula is C16H17N3O. The summed E-state index contributed by atoms with van der Waals surface area (Å²) >= 11 is 0. The SMILES string of the molecule is Cc1ccc(-c2ccc(C#N)c(=O)n2CCN)cc1C. The van der Waals surface area contributed by atoms with E-state index >= 15 is 0 Å². The zero-order valence-electron chi connectivity index (χ0n) is 11.7. The van der Waals surface area contributed by atoms with Crippen molar-refractivity contribution in [2.24, 2.45) is 5.73 Å². The van der Waals surface area contributed by atoms with Crippen molar-refractivity contribution in [2.75, 3.05) is 6.54 Å². The van der Waals surface area contributed by atoms with Gasteiger partial charge in [0, 0.05) is 13.1 Å². The highest BCUT2D eigenvalue weighted by Gasteiger charge is 2.10. The summed E-state index contributed by atoms with van der Waals surface area (Å²) < 4.78 is 1.57. The number of aryl methyl sites for hydroxylation is 2. The number of hydrogen-bond donors (Lipinski definition) is 1. The van der Waals surface area contributed by atoms with E-state index in [0.717, 1.165) is 11.3 Å². The van der Waals surface area contributed by atoms with Crippen LogP contribution in [0.15, 0.2) is 35.1 Å². The number of benzene rings is 1. The third-order valence-corrected chi connectivity index (χ3v) is 3.45. The minimum atomic E-state index is -0.284. The van der Waals surface area contributed by atoms with E-state index in [0.29, 0.717) is 13.1 Å². The first-order chi connectivity index (χ1) is 9.58. The number of nitrogens with two attached hydrogens (primary N) is 1. The monoisotopic (exact) mass is 267 g/mol. The van der Waals surface area contributed by atoms with E-state index in [1.165, 1.54) is 11.1 Å². The molecule has 1 heterocycles. The molecule has 0 fully saturated rings. The molecule has 4 heteroatoms. The number of hydrogen-bond acceptors (Lipinski definition) is 3. The highest BCUT2D eigenvalue weighted by molar-refractivity contribution is 5.62. The van der Waals surface area contributed by atoms with Gasteiger partial charge < -0.3 is 10.3 Å². The van der Waals surface area contributed by atoms with E-state index in [-0.39, 0.29) is 11.1 Å². The van der Waals surface area contributed by atoms with Crippen LogP contribution in [0.3, 0.4) is 0 Å². The Morgan fingerprint density at radius 2 is 1.95 bits per heavy atom. The molecule has 4 nitrogen and oxygen atoms in total. The fourth-order valence-corrected chi connectivity index (χ4v) is 2.17. The van der Waals surface area contributed by atoms with Crippen LogP contribution < -0.4 is 11.3 Å². The molecule has 0 bridgehead atoms. The molecule has 0 spiro atoms. The van der Waals surface area contributed by atoms with Crippen molar-refractivity contribution in [3.8, 4) is 17.3 Å². The van der Waals surface area contributed by atoms with Crippen molar-refractivity contribution < 1.29 is 0 Å². The summed E-state index contributed by atoms with van der Waals surface area (Å²) in [7, 11) is 0. The average molecular weight is 267 g/mol. The van der Waals surface area contributed by atoms with Crippen LogP contribution in [0.2, 0.25) is 0 Å². The first-order valence-corrected chi connectivity index (χ1v) is 6.50. The van der Waals surface area contributed by atoms with E-state index in [2.05, 4.69) is 0 Å². The van der Waals surface area contributed by atoms with Crippen LogP contribution in [0.1, 0.15) is 16.7 Å². The largest absolute Gasteiger partial charge is 0.329 e. The molecular weight excluding hydrogens is 250 g/mol. The molecule has 20 heavy (non-hydrogen) atoms. The second-order valence-corrected chi connectivity index (χ2v) is 4.79. The van der Waals surface area contributed by atoms with Gasteiger partial charge in [-0.2, -0.15) is 5.26 Å². The molecule has 0 saturated heterocycles. The summed E-state index contributed by atoms with van der Waals surface area (Å²) in [5.74, 6) is 0. The average Bonchev–Trinajstić information content (AvgIpc) is 2.44. The summed E-state index contributed by atoms with van der Waals surface area (Å²) in [6.07, 6.45) is 0. The molecule has 0 aliphatic rings. The molecule has 0 atom stereocenters. The van der Waals surface area contributed by atoms with Crippen LogP contribution in [-0.2, 0) is 6.54 Å². The van der Waals surface area contributed by atoms with Crippen molar-refractivity contribution in [3.63, 3.8) is 0 Å². The van der Waals surface area contributed by atoms with Gasteiger partial charge in [-0.3, -0.25) is 4.79 Å². The zero-order valence-corrected chi connectivity index (χ0v) is 11.7.